The maximum atomic E-state index is 5.79. The molecule has 2 aromatic rings. The van der Waals surface area contributed by atoms with Gasteiger partial charge >= 0.3 is 0 Å². The molecule has 2 rings (SSSR count). The van der Waals surface area contributed by atoms with E-state index in [0.29, 0.717) is 0 Å². The molecule has 0 amide bonds. The molecule has 2 nitrogen and oxygen atoms in total. The lowest BCUT2D eigenvalue weighted by Gasteiger charge is -1.91. The van der Waals surface area contributed by atoms with Crippen LogP contribution in [-0.2, 0) is 0 Å². The Morgan fingerprint density at radius 3 is 3.00 bits per heavy atom. The molecule has 0 unspecified atom stereocenters. The molecule has 0 aromatic carbocycles. The van der Waals surface area contributed by atoms with E-state index < -0.39 is 0 Å². The molecule has 2 heteroatoms. The van der Waals surface area contributed by atoms with Gasteiger partial charge < -0.3 is 10.1 Å². The number of pyridine rings is 1. The Labute approximate surface area is 65.3 Å². The first-order valence-electron chi connectivity index (χ1n) is 3.53. The van der Waals surface area contributed by atoms with Crippen LogP contribution < -0.4 is 5.73 Å². The average Bonchev–Trinajstić information content (AvgIpc) is 2.30. The number of nitrogens with two attached hydrogens (primary N) is 1. The summed E-state index contributed by atoms with van der Waals surface area (Å²) in [5.41, 5.74) is 8.65. The molecule has 0 saturated carbocycles. The molecule has 0 aliphatic carbocycles. The molecule has 0 aliphatic rings. The SMILES string of the molecule is Cc1[c]n2ccccc2c1N. The van der Waals surface area contributed by atoms with E-state index in [1.54, 1.807) is 0 Å². The van der Waals surface area contributed by atoms with Gasteiger partial charge in [0.2, 0.25) is 0 Å². The number of hydrogen-bond donors (Lipinski definition) is 1. The van der Waals surface area contributed by atoms with Crippen molar-refractivity contribution in [2.75, 3.05) is 5.73 Å². The molecule has 11 heavy (non-hydrogen) atoms. The van der Waals surface area contributed by atoms with Crippen LogP contribution in [0, 0.1) is 13.1 Å². The van der Waals surface area contributed by atoms with E-state index in [-0.39, 0.29) is 0 Å². The number of aryl methyl sites for hydroxylation is 1. The van der Waals surface area contributed by atoms with Gasteiger partial charge in [-0.2, -0.15) is 0 Å². The lowest BCUT2D eigenvalue weighted by atomic mass is 10.3. The van der Waals surface area contributed by atoms with Crippen molar-refractivity contribution >= 4 is 11.2 Å². The lowest BCUT2D eigenvalue weighted by molar-refractivity contribution is 1.17. The van der Waals surface area contributed by atoms with Gasteiger partial charge in [-0.05, 0) is 19.1 Å². The maximum absolute atomic E-state index is 5.79. The molecule has 0 aliphatic heterocycles. The Morgan fingerprint density at radius 2 is 2.27 bits per heavy atom. The molecule has 0 atom stereocenters. The average molecular weight is 145 g/mol. The summed E-state index contributed by atoms with van der Waals surface area (Å²) in [6.07, 6.45) is 5.06. The van der Waals surface area contributed by atoms with Crippen molar-refractivity contribution in [3.05, 3.63) is 36.2 Å². The first-order chi connectivity index (χ1) is 5.29. The standard InChI is InChI=1S/C9H9N2/c1-7-6-11-5-3-2-4-8(11)9(7)10/h2-5H,10H2,1H3. The second-order valence-corrected chi connectivity index (χ2v) is 2.61. The Bertz CT molecular complexity index is 387. The number of fused-ring (bicyclic) bond motifs is 1. The van der Waals surface area contributed by atoms with Crippen molar-refractivity contribution in [1.29, 1.82) is 0 Å². The van der Waals surface area contributed by atoms with Gasteiger partial charge in [0.25, 0.3) is 0 Å². The number of nitrogen functional groups attached to an aromatic ring is 1. The maximum Gasteiger partial charge on any atom is 0.0752 e. The normalized spacial score (nSPS) is 10.6. The highest BCUT2D eigenvalue weighted by molar-refractivity contribution is 5.73. The van der Waals surface area contributed by atoms with E-state index in [9.17, 15) is 0 Å². The van der Waals surface area contributed by atoms with Crippen LogP contribution in [0.4, 0.5) is 5.69 Å². The zero-order valence-corrected chi connectivity index (χ0v) is 6.33. The molecule has 55 valence electrons. The van der Waals surface area contributed by atoms with E-state index in [4.69, 9.17) is 5.73 Å². The Morgan fingerprint density at radius 1 is 1.45 bits per heavy atom. The number of rotatable bonds is 0. The van der Waals surface area contributed by atoms with Gasteiger partial charge in [0.1, 0.15) is 0 Å². The highest BCUT2D eigenvalue weighted by Gasteiger charge is 2.01. The van der Waals surface area contributed by atoms with Crippen molar-refractivity contribution in [3.63, 3.8) is 0 Å². The van der Waals surface area contributed by atoms with Crippen LogP contribution in [0.2, 0.25) is 0 Å². The Kier molecular flexibility index (Phi) is 1.15. The van der Waals surface area contributed by atoms with Crippen LogP contribution in [0.25, 0.3) is 5.52 Å². The van der Waals surface area contributed by atoms with Crippen LogP contribution in [-0.4, -0.2) is 4.40 Å². The third-order valence-electron chi connectivity index (χ3n) is 1.83. The van der Waals surface area contributed by atoms with E-state index in [1.807, 2.05) is 35.7 Å². The van der Waals surface area contributed by atoms with E-state index in [0.717, 1.165) is 16.8 Å². The molecular formula is C9H9N2. The lowest BCUT2D eigenvalue weighted by Crippen LogP contribution is -1.85. The fraction of sp³-hybridized carbons (Fsp3) is 0.111. The summed E-state index contributed by atoms with van der Waals surface area (Å²) < 4.78 is 1.91. The molecule has 2 aromatic heterocycles. The number of hydrogen-bond acceptors (Lipinski definition) is 1. The highest BCUT2D eigenvalue weighted by atomic mass is 14.9. The van der Waals surface area contributed by atoms with Gasteiger partial charge in [-0.15, -0.1) is 0 Å². The van der Waals surface area contributed by atoms with Crippen LogP contribution in [0.5, 0.6) is 0 Å². The second-order valence-electron chi connectivity index (χ2n) is 2.61. The molecule has 1 radical (unpaired) electrons. The molecule has 2 heterocycles. The summed E-state index contributed by atoms with van der Waals surface area (Å²) in [5.74, 6) is 0. The van der Waals surface area contributed by atoms with Crippen molar-refractivity contribution in [1.82, 2.24) is 4.40 Å². The van der Waals surface area contributed by atoms with Crippen molar-refractivity contribution in [2.45, 2.75) is 6.92 Å². The fourth-order valence-electron chi connectivity index (χ4n) is 1.19. The predicted octanol–water partition coefficient (Wildman–Crippen LogP) is 1.63. The highest BCUT2D eigenvalue weighted by Crippen LogP contribution is 2.18. The number of aromatic nitrogens is 1. The predicted molar refractivity (Wildman–Crippen MR) is 45.4 cm³/mol. The largest absolute Gasteiger partial charge is 0.397 e. The van der Waals surface area contributed by atoms with Crippen LogP contribution in [0.3, 0.4) is 0 Å². The molecule has 0 bridgehead atoms. The minimum atomic E-state index is 0.825. The third kappa shape index (κ3) is 0.792. The third-order valence-corrected chi connectivity index (χ3v) is 1.83. The first kappa shape index (κ1) is 6.28. The summed E-state index contributed by atoms with van der Waals surface area (Å²) in [6.45, 7) is 1.96. The van der Waals surface area contributed by atoms with Crippen LogP contribution in [0.15, 0.2) is 24.4 Å². The minimum Gasteiger partial charge on any atom is -0.397 e. The molecule has 0 spiro atoms. The fourth-order valence-corrected chi connectivity index (χ4v) is 1.19. The van der Waals surface area contributed by atoms with E-state index in [2.05, 4.69) is 6.20 Å². The van der Waals surface area contributed by atoms with Crippen molar-refractivity contribution < 1.29 is 0 Å². The summed E-state index contributed by atoms with van der Waals surface area (Å²) in [5, 5.41) is 0. The Balaban J connectivity index is 2.92. The smallest absolute Gasteiger partial charge is 0.0752 e. The van der Waals surface area contributed by atoms with Gasteiger partial charge in [-0.3, -0.25) is 0 Å². The minimum absolute atomic E-state index is 0.825. The second kappa shape index (κ2) is 2.02. The van der Waals surface area contributed by atoms with Crippen LogP contribution in [0.1, 0.15) is 5.56 Å². The van der Waals surface area contributed by atoms with Crippen LogP contribution >= 0.6 is 0 Å². The van der Waals surface area contributed by atoms with Gasteiger partial charge in [-0.25, -0.2) is 0 Å². The quantitative estimate of drug-likeness (QED) is 0.600. The van der Waals surface area contributed by atoms with E-state index in [1.165, 1.54) is 0 Å². The first-order valence-corrected chi connectivity index (χ1v) is 3.53. The summed E-state index contributed by atoms with van der Waals surface area (Å²) >= 11 is 0. The molecule has 0 saturated heterocycles. The number of anilines is 1. The topological polar surface area (TPSA) is 30.4 Å². The Hall–Kier alpha value is -1.44. The summed E-state index contributed by atoms with van der Waals surface area (Å²) in [4.78, 5) is 0. The molecular weight excluding hydrogens is 136 g/mol. The summed E-state index contributed by atoms with van der Waals surface area (Å²) in [6, 6.07) is 5.92. The van der Waals surface area contributed by atoms with Gasteiger partial charge in [0.05, 0.1) is 17.4 Å². The number of nitrogens with zero attached hydrogens (tertiary/aromatic N) is 1. The molecule has 2 N–H and O–H groups in total. The zero-order chi connectivity index (χ0) is 7.84. The zero-order valence-electron chi connectivity index (χ0n) is 6.33. The van der Waals surface area contributed by atoms with Gasteiger partial charge in [0, 0.05) is 11.8 Å². The van der Waals surface area contributed by atoms with E-state index >= 15 is 0 Å². The van der Waals surface area contributed by atoms with Gasteiger partial charge in [0.15, 0.2) is 0 Å². The van der Waals surface area contributed by atoms with Crippen molar-refractivity contribution in [2.24, 2.45) is 0 Å². The molecule has 0 fully saturated rings. The monoisotopic (exact) mass is 145 g/mol. The summed E-state index contributed by atoms with van der Waals surface area (Å²) in [7, 11) is 0. The van der Waals surface area contributed by atoms with Crippen molar-refractivity contribution in [3.8, 4) is 0 Å². The van der Waals surface area contributed by atoms with Gasteiger partial charge in [-0.1, -0.05) is 6.07 Å².